The molecule has 32 heavy (non-hydrogen) atoms. The lowest BCUT2D eigenvalue weighted by Gasteiger charge is -2.31. The number of amides is 1. The van der Waals surface area contributed by atoms with E-state index in [2.05, 4.69) is 15.3 Å². The third-order valence-electron chi connectivity index (χ3n) is 5.54. The van der Waals surface area contributed by atoms with E-state index < -0.39 is 17.2 Å². The number of nitrogens with zero attached hydrogens (tertiary/aromatic N) is 2. The standard InChI is InChI=1S/C22H25F2N5O3/c1-26-12-14(11-25)21(31)13-5-7-29(8-6-13)19(30)4-2-3-18-27-20-16(22(32)28-18)9-15(23)10-17(20)24/h9-13,25-26H,2-8H2,1H3,(H,27,28,32)/b14-12+,25-11?. The van der Waals surface area contributed by atoms with Crippen LogP contribution < -0.4 is 10.9 Å². The van der Waals surface area contributed by atoms with Gasteiger partial charge in [0.25, 0.3) is 5.56 Å². The Morgan fingerprint density at radius 2 is 2.03 bits per heavy atom. The second-order valence-corrected chi connectivity index (χ2v) is 7.70. The predicted molar refractivity (Wildman–Crippen MR) is 115 cm³/mol. The van der Waals surface area contributed by atoms with Crippen LogP contribution in [0, 0.1) is 23.0 Å². The highest BCUT2D eigenvalue weighted by molar-refractivity contribution is 6.13. The van der Waals surface area contributed by atoms with Crippen LogP contribution in [-0.2, 0) is 16.0 Å². The molecule has 2 heterocycles. The Labute approximate surface area is 183 Å². The predicted octanol–water partition coefficient (Wildman–Crippen LogP) is 2.08. The molecule has 3 N–H and O–H groups in total. The highest BCUT2D eigenvalue weighted by Crippen LogP contribution is 2.22. The van der Waals surface area contributed by atoms with Crippen molar-refractivity contribution in [1.82, 2.24) is 20.2 Å². The normalized spacial score (nSPS) is 15.1. The lowest BCUT2D eigenvalue weighted by Crippen LogP contribution is -2.40. The highest BCUT2D eigenvalue weighted by Gasteiger charge is 2.28. The summed E-state index contributed by atoms with van der Waals surface area (Å²) in [5.74, 6) is -1.90. The Morgan fingerprint density at radius 3 is 2.69 bits per heavy atom. The number of fused-ring (bicyclic) bond motifs is 1. The fraction of sp³-hybridized carbons (Fsp3) is 0.409. The number of carbonyl (C=O) groups is 2. The number of benzene rings is 1. The molecule has 0 radical (unpaired) electrons. The third kappa shape index (κ3) is 5.24. The molecule has 0 bridgehead atoms. The van der Waals surface area contributed by atoms with Crippen molar-refractivity contribution >= 4 is 28.8 Å². The van der Waals surface area contributed by atoms with Gasteiger partial charge in [-0.2, -0.15) is 0 Å². The van der Waals surface area contributed by atoms with Crippen LogP contribution >= 0.6 is 0 Å². The van der Waals surface area contributed by atoms with Gasteiger partial charge in [-0.05, 0) is 25.3 Å². The summed E-state index contributed by atoms with van der Waals surface area (Å²) in [6.45, 7) is 0.920. The summed E-state index contributed by atoms with van der Waals surface area (Å²) in [7, 11) is 1.66. The van der Waals surface area contributed by atoms with Gasteiger partial charge in [0.1, 0.15) is 17.2 Å². The van der Waals surface area contributed by atoms with Gasteiger partial charge in [-0.15, -0.1) is 0 Å². The van der Waals surface area contributed by atoms with Crippen LogP contribution in [0.3, 0.4) is 0 Å². The summed E-state index contributed by atoms with van der Waals surface area (Å²) in [5.41, 5.74) is -0.508. The van der Waals surface area contributed by atoms with Crippen molar-refractivity contribution in [3.05, 3.63) is 51.7 Å². The number of Topliss-reactive ketones (excluding diaryl/α,β-unsaturated/α-hetero) is 1. The molecular formula is C22H25F2N5O3. The van der Waals surface area contributed by atoms with Gasteiger partial charge in [-0.1, -0.05) is 0 Å². The molecule has 8 nitrogen and oxygen atoms in total. The molecule has 1 aromatic carbocycles. The van der Waals surface area contributed by atoms with Crippen molar-refractivity contribution in [3.63, 3.8) is 0 Å². The molecule has 0 spiro atoms. The average molecular weight is 445 g/mol. The first-order valence-electron chi connectivity index (χ1n) is 10.4. The van der Waals surface area contributed by atoms with Crippen LogP contribution in [-0.4, -0.2) is 52.9 Å². The zero-order chi connectivity index (χ0) is 23.3. The molecule has 1 aromatic heterocycles. The Kier molecular flexibility index (Phi) is 7.45. The summed E-state index contributed by atoms with van der Waals surface area (Å²) in [6.07, 6.45) is 4.49. The van der Waals surface area contributed by atoms with Crippen LogP contribution in [0.15, 0.2) is 28.7 Å². The van der Waals surface area contributed by atoms with E-state index >= 15 is 0 Å². The molecule has 1 aliphatic heterocycles. The van der Waals surface area contributed by atoms with Crippen molar-refractivity contribution in [1.29, 1.82) is 5.41 Å². The summed E-state index contributed by atoms with van der Waals surface area (Å²) < 4.78 is 27.3. The molecule has 10 heteroatoms. The number of hydrogen-bond donors (Lipinski definition) is 3. The van der Waals surface area contributed by atoms with Gasteiger partial charge in [0, 0.05) is 57.4 Å². The molecule has 3 rings (SSSR count). The largest absolute Gasteiger partial charge is 0.393 e. The molecule has 0 aliphatic carbocycles. The van der Waals surface area contributed by atoms with Gasteiger partial charge < -0.3 is 20.6 Å². The van der Waals surface area contributed by atoms with E-state index in [-0.39, 0.29) is 47.2 Å². The molecule has 1 saturated heterocycles. The van der Waals surface area contributed by atoms with Gasteiger partial charge in [0.2, 0.25) is 5.91 Å². The Balaban J connectivity index is 1.53. The van der Waals surface area contributed by atoms with E-state index in [1.807, 2.05) is 0 Å². The van der Waals surface area contributed by atoms with E-state index in [4.69, 9.17) is 5.41 Å². The number of likely N-dealkylation sites (tertiary alicyclic amines) is 1. The fourth-order valence-corrected chi connectivity index (χ4v) is 3.86. The first-order chi connectivity index (χ1) is 15.3. The number of hydrogen-bond acceptors (Lipinski definition) is 6. The lowest BCUT2D eigenvalue weighted by atomic mass is 9.89. The van der Waals surface area contributed by atoms with Gasteiger partial charge in [0.05, 0.1) is 11.0 Å². The number of carbonyl (C=O) groups excluding carboxylic acids is 2. The first-order valence-corrected chi connectivity index (χ1v) is 10.4. The number of aromatic nitrogens is 2. The number of piperidine rings is 1. The van der Waals surface area contributed by atoms with Crippen molar-refractivity contribution in [2.24, 2.45) is 5.92 Å². The summed E-state index contributed by atoms with van der Waals surface area (Å²) in [5, 5.41) is 9.96. The van der Waals surface area contributed by atoms with Crippen LogP contribution in [0.4, 0.5) is 8.78 Å². The number of rotatable bonds is 8. The van der Waals surface area contributed by atoms with Crippen LogP contribution in [0.2, 0.25) is 0 Å². The topological polar surface area (TPSA) is 119 Å². The van der Waals surface area contributed by atoms with Gasteiger partial charge >= 0.3 is 0 Å². The van der Waals surface area contributed by atoms with Gasteiger partial charge in [0.15, 0.2) is 11.6 Å². The van der Waals surface area contributed by atoms with E-state index in [9.17, 15) is 23.2 Å². The minimum absolute atomic E-state index is 0.0645. The molecule has 0 unspecified atom stereocenters. The SMILES string of the molecule is CN/C=C(\C=N)C(=O)C1CCN(C(=O)CCCc2nc3c(F)cc(F)cc3c(=O)[nH]2)CC1. The Bertz CT molecular complexity index is 1120. The second kappa shape index (κ2) is 10.3. The van der Waals surface area contributed by atoms with Gasteiger partial charge in [-0.3, -0.25) is 14.4 Å². The average Bonchev–Trinajstić information content (AvgIpc) is 2.78. The molecule has 1 amide bonds. The zero-order valence-electron chi connectivity index (χ0n) is 17.7. The number of nitrogens with one attached hydrogen (secondary N) is 3. The van der Waals surface area contributed by atoms with E-state index in [1.165, 1.54) is 6.20 Å². The minimum Gasteiger partial charge on any atom is -0.393 e. The van der Waals surface area contributed by atoms with Crippen molar-refractivity contribution in [2.45, 2.75) is 32.1 Å². The van der Waals surface area contributed by atoms with E-state index in [0.29, 0.717) is 44.0 Å². The first kappa shape index (κ1) is 23.2. The maximum absolute atomic E-state index is 13.9. The number of ketones is 1. The Morgan fingerprint density at radius 1 is 1.31 bits per heavy atom. The third-order valence-corrected chi connectivity index (χ3v) is 5.54. The van der Waals surface area contributed by atoms with Crippen LogP contribution in [0.1, 0.15) is 31.5 Å². The Hall–Kier alpha value is -3.43. The number of halogens is 2. The smallest absolute Gasteiger partial charge is 0.258 e. The second-order valence-electron chi connectivity index (χ2n) is 7.70. The maximum atomic E-state index is 13.9. The summed E-state index contributed by atoms with van der Waals surface area (Å²) in [6, 6.07) is 1.61. The molecule has 170 valence electrons. The van der Waals surface area contributed by atoms with Crippen molar-refractivity contribution in [3.8, 4) is 0 Å². The van der Waals surface area contributed by atoms with Crippen LogP contribution in [0.5, 0.6) is 0 Å². The summed E-state index contributed by atoms with van der Waals surface area (Å²) in [4.78, 5) is 45.3. The maximum Gasteiger partial charge on any atom is 0.258 e. The van der Waals surface area contributed by atoms with E-state index in [1.54, 1.807) is 11.9 Å². The van der Waals surface area contributed by atoms with Gasteiger partial charge in [-0.25, -0.2) is 13.8 Å². The zero-order valence-corrected chi connectivity index (χ0v) is 17.7. The van der Waals surface area contributed by atoms with Crippen LogP contribution in [0.25, 0.3) is 10.9 Å². The number of H-pyrrole nitrogens is 1. The molecule has 1 fully saturated rings. The number of allylic oxidation sites excluding steroid dienone is 1. The van der Waals surface area contributed by atoms with Crippen molar-refractivity contribution in [2.75, 3.05) is 20.1 Å². The minimum atomic E-state index is -0.906. The van der Waals surface area contributed by atoms with Crippen molar-refractivity contribution < 1.29 is 18.4 Å². The highest BCUT2D eigenvalue weighted by atomic mass is 19.1. The van der Waals surface area contributed by atoms with E-state index in [0.717, 1.165) is 12.3 Å². The number of aromatic amines is 1. The lowest BCUT2D eigenvalue weighted by molar-refractivity contribution is -0.134. The monoisotopic (exact) mass is 445 g/mol. The molecule has 0 atom stereocenters. The molecule has 1 aliphatic rings. The quantitative estimate of drug-likeness (QED) is 0.425. The molecular weight excluding hydrogens is 420 g/mol. The fourth-order valence-electron chi connectivity index (χ4n) is 3.86. The summed E-state index contributed by atoms with van der Waals surface area (Å²) >= 11 is 0. The number of aryl methyl sites for hydroxylation is 1. The molecule has 0 saturated carbocycles. The molecule has 2 aromatic rings.